The molecule has 4 nitrogen and oxygen atoms in total. The van der Waals surface area contributed by atoms with E-state index in [0.29, 0.717) is 17.3 Å². The van der Waals surface area contributed by atoms with E-state index in [1.807, 2.05) is 18.2 Å². The lowest BCUT2D eigenvalue weighted by molar-refractivity contribution is -0.114. The second-order valence-corrected chi connectivity index (χ2v) is 4.93. The van der Waals surface area contributed by atoms with Crippen LogP contribution < -0.4 is 9.80 Å². The minimum Gasteiger partial charge on any atom is -0.365 e. The van der Waals surface area contributed by atoms with Crippen LogP contribution in [0, 0.1) is 0 Å². The molecule has 1 aliphatic rings. The lowest BCUT2D eigenvalue weighted by Gasteiger charge is -2.28. The largest absolute Gasteiger partial charge is 0.365 e. The second kappa shape index (κ2) is 4.88. The number of likely N-dealkylation sites (N-methyl/N-ethyl adjacent to an activating group) is 1. The van der Waals surface area contributed by atoms with Crippen molar-refractivity contribution in [2.45, 2.75) is 19.9 Å². The number of hydrogen-bond acceptors (Lipinski definition) is 3. The number of amides is 1. The molecule has 19 heavy (non-hydrogen) atoms. The number of Topliss-reactive ketones (excluding diaryl/α,β-unsaturated/α-hetero) is 1. The van der Waals surface area contributed by atoms with Crippen molar-refractivity contribution >= 4 is 23.1 Å². The van der Waals surface area contributed by atoms with Gasteiger partial charge in [0.05, 0.1) is 11.3 Å². The number of carbonyl (C=O) groups excluding carboxylic acids is 2. The van der Waals surface area contributed by atoms with E-state index in [4.69, 9.17) is 0 Å². The molecule has 1 aromatic carbocycles. The normalized spacial score (nSPS) is 14.0. The van der Waals surface area contributed by atoms with Gasteiger partial charge in [-0.15, -0.1) is 6.58 Å². The number of ketones is 1. The van der Waals surface area contributed by atoms with Crippen LogP contribution in [-0.4, -0.2) is 31.3 Å². The minimum atomic E-state index is -0.466. The number of fused-ring (bicyclic) bond motifs is 1. The summed E-state index contributed by atoms with van der Waals surface area (Å²) in [4.78, 5) is 26.9. The standard InChI is InChI=1S/C15H18N2O2/c1-5-8-17(10(2)3)11-6-7-12-13(9-11)16(4)15(19)14(12)18/h5-7,9-10H,1,8H2,2-4H3. The molecule has 1 heterocycles. The van der Waals surface area contributed by atoms with Crippen molar-refractivity contribution in [1.29, 1.82) is 0 Å². The van der Waals surface area contributed by atoms with Crippen LogP contribution in [-0.2, 0) is 4.79 Å². The fraction of sp³-hybridized carbons (Fsp3) is 0.333. The van der Waals surface area contributed by atoms with Gasteiger partial charge in [0.15, 0.2) is 0 Å². The molecule has 0 aliphatic carbocycles. The van der Waals surface area contributed by atoms with Crippen molar-refractivity contribution in [3.8, 4) is 0 Å². The number of carbonyl (C=O) groups is 2. The number of benzene rings is 1. The van der Waals surface area contributed by atoms with Gasteiger partial charge in [-0.3, -0.25) is 9.59 Å². The topological polar surface area (TPSA) is 40.6 Å². The molecule has 0 saturated heterocycles. The highest BCUT2D eigenvalue weighted by atomic mass is 16.2. The molecule has 0 spiro atoms. The Hall–Kier alpha value is -2.10. The maximum absolute atomic E-state index is 11.7. The molecule has 0 fully saturated rings. The van der Waals surface area contributed by atoms with E-state index in [1.165, 1.54) is 4.90 Å². The van der Waals surface area contributed by atoms with E-state index in [2.05, 4.69) is 25.3 Å². The molecule has 0 aromatic heterocycles. The average Bonchev–Trinajstić information content (AvgIpc) is 2.60. The quantitative estimate of drug-likeness (QED) is 0.614. The third-order valence-corrected chi connectivity index (χ3v) is 3.37. The molecule has 0 radical (unpaired) electrons. The van der Waals surface area contributed by atoms with E-state index in [-0.39, 0.29) is 0 Å². The summed E-state index contributed by atoms with van der Waals surface area (Å²) >= 11 is 0. The van der Waals surface area contributed by atoms with E-state index in [9.17, 15) is 9.59 Å². The summed E-state index contributed by atoms with van der Waals surface area (Å²) in [7, 11) is 1.63. The Labute approximate surface area is 113 Å². The molecule has 4 heteroatoms. The fourth-order valence-corrected chi connectivity index (χ4v) is 2.30. The van der Waals surface area contributed by atoms with Crippen LogP contribution in [0.5, 0.6) is 0 Å². The molecule has 1 aliphatic heterocycles. The van der Waals surface area contributed by atoms with Crippen LogP contribution in [0.1, 0.15) is 24.2 Å². The Kier molecular flexibility index (Phi) is 3.42. The lowest BCUT2D eigenvalue weighted by Crippen LogP contribution is -2.30. The third kappa shape index (κ3) is 2.14. The molecule has 0 N–H and O–H groups in total. The lowest BCUT2D eigenvalue weighted by atomic mass is 10.1. The van der Waals surface area contributed by atoms with E-state index >= 15 is 0 Å². The van der Waals surface area contributed by atoms with Crippen LogP contribution in [0.15, 0.2) is 30.9 Å². The van der Waals surface area contributed by atoms with E-state index in [1.54, 1.807) is 13.1 Å². The van der Waals surface area contributed by atoms with Crippen molar-refractivity contribution in [3.63, 3.8) is 0 Å². The highest BCUT2D eigenvalue weighted by Gasteiger charge is 2.33. The number of nitrogens with zero attached hydrogens (tertiary/aromatic N) is 2. The smallest absolute Gasteiger partial charge is 0.299 e. The number of anilines is 2. The molecule has 0 unspecified atom stereocenters. The number of rotatable bonds is 4. The van der Waals surface area contributed by atoms with Gasteiger partial charge in [0.2, 0.25) is 0 Å². The molecule has 1 amide bonds. The molecule has 0 saturated carbocycles. The van der Waals surface area contributed by atoms with Gasteiger partial charge in [0, 0.05) is 25.3 Å². The van der Waals surface area contributed by atoms with Gasteiger partial charge in [0.1, 0.15) is 0 Å². The SMILES string of the molecule is C=CCN(c1ccc2c(c1)N(C)C(=O)C2=O)C(C)C. The van der Waals surface area contributed by atoms with Crippen LogP contribution in [0.25, 0.3) is 0 Å². The first-order valence-corrected chi connectivity index (χ1v) is 6.31. The average molecular weight is 258 g/mol. The molecule has 1 aromatic rings. The van der Waals surface area contributed by atoms with Gasteiger partial charge < -0.3 is 9.80 Å². The Balaban J connectivity index is 2.44. The summed E-state index contributed by atoms with van der Waals surface area (Å²) in [5.74, 6) is -0.893. The van der Waals surface area contributed by atoms with Crippen molar-refractivity contribution < 1.29 is 9.59 Å². The number of hydrogen-bond donors (Lipinski definition) is 0. The second-order valence-electron chi connectivity index (χ2n) is 4.93. The van der Waals surface area contributed by atoms with Crippen molar-refractivity contribution in [2.75, 3.05) is 23.4 Å². The van der Waals surface area contributed by atoms with Gasteiger partial charge in [-0.1, -0.05) is 6.08 Å². The molecule has 0 atom stereocenters. The van der Waals surface area contributed by atoms with Crippen molar-refractivity contribution in [3.05, 3.63) is 36.4 Å². The molecular formula is C15H18N2O2. The zero-order valence-corrected chi connectivity index (χ0v) is 11.5. The van der Waals surface area contributed by atoms with Gasteiger partial charge >= 0.3 is 0 Å². The van der Waals surface area contributed by atoms with Gasteiger partial charge in [0.25, 0.3) is 11.7 Å². The van der Waals surface area contributed by atoms with E-state index in [0.717, 1.165) is 12.2 Å². The summed E-state index contributed by atoms with van der Waals surface area (Å²) in [5.41, 5.74) is 2.16. The van der Waals surface area contributed by atoms with Crippen molar-refractivity contribution in [1.82, 2.24) is 0 Å². The summed E-state index contributed by atoms with van der Waals surface area (Å²) in [6, 6.07) is 5.82. The Morgan fingerprint density at radius 1 is 1.37 bits per heavy atom. The Bertz CT molecular complexity index is 549. The third-order valence-electron chi connectivity index (χ3n) is 3.37. The maximum Gasteiger partial charge on any atom is 0.299 e. The molecular weight excluding hydrogens is 240 g/mol. The first-order valence-electron chi connectivity index (χ1n) is 6.31. The summed E-state index contributed by atoms with van der Waals surface area (Å²) in [6.07, 6.45) is 1.84. The van der Waals surface area contributed by atoms with Gasteiger partial charge in [-0.25, -0.2) is 0 Å². The molecule has 2 rings (SSSR count). The van der Waals surface area contributed by atoms with Gasteiger partial charge in [-0.2, -0.15) is 0 Å². The monoisotopic (exact) mass is 258 g/mol. The summed E-state index contributed by atoms with van der Waals surface area (Å²) < 4.78 is 0. The highest BCUT2D eigenvalue weighted by molar-refractivity contribution is 6.52. The van der Waals surface area contributed by atoms with Crippen LogP contribution in [0.4, 0.5) is 11.4 Å². The van der Waals surface area contributed by atoms with Crippen LogP contribution in [0.2, 0.25) is 0 Å². The Morgan fingerprint density at radius 2 is 2.05 bits per heavy atom. The first-order chi connectivity index (χ1) is 8.97. The zero-order chi connectivity index (χ0) is 14.2. The van der Waals surface area contributed by atoms with Gasteiger partial charge in [-0.05, 0) is 32.0 Å². The summed E-state index contributed by atoms with van der Waals surface area (Å²) in [5, 5.41) is 0. The fourth-order valence-electron chi connectivity index (χ4n) is 2.30. The zero-order valence-electron chi connectivity index (χ0n) is 11.5. The molecule has 100 valence electrons. The maximum atomic E-state index is 11.7. The Morgan fingerprint density at radius 3 is 2.63 bits per heavy atom. The first kappa shape index (κ1) is 13.3. The predicted octanol–water partition coefficient (Wildman–Crippen LogP) is 2.25. The van der Waals surface area contributed by atoms with Crippen LogP contribution >= 0.6 is 0 Å². The predicted molar refractivity (Wildman–Crippen MR) is 76.9 cm³/mol. The van der Waals surface area contributed by atoms with E-state index < -0.39 is 11.7 Å². The minimum absolute atomic E-state index is 0.314. The van der Waals surface area contributed by atoms with Crippen LogP contribution in [0.3, 0.4) is 0 Å². The van der Waals surface area contributed by atoms with Crippen molar-refractivity contribution in [2.24, 2.45) is 0 Å². The highest BCUT2D eigenvalue weighted by Crippen LogP contribution is 2.32. The molecule has 0 bridgehead atoms. The summed E-state index contributed by atoms with van der Waals surface area (Å²) in [6.45, 7) is 8.67.